The number of para-hydroxylation sites is 2. The van der Waals surface area contributed by atoms with E-state index in [2.05, 4.69) is 4.98 Å². The van der Waals surface area contributed by atoms with Crippen molar-refractivity contribution in [2.45, 2.75) is 28.6 Å². The first kappa shape index (κ1) is 20.5. The van der Waals surface area contributed by atoms with E-state index in [-0.39, 0.29) is 15.7 Å². The van der Waals surface area contributed by atoms with Crippen LogP contribution in [0.3, 0.4) is 0 Å². The minimum Gasteiger partial charge on any atom is -0.342 e. The van der Waals surface area contributed by atoms with Gasteiger partial charge in [-0.25, -0.2) is 13.4 Å². The Morgan fingerprint density at radius 2 is 1.47 bits per heavy atom. The lowest BCUT2D eigenvalue weighted by Gasteiger charge is -2.31. The summed E-state index contributed by atoms with van der Waals surface area (Å²) in [5.74, 6) is 1.20. The van der Waals surface area contributed by atoms with E-state index >= 15 is 0 Å². The number of likely N-dealkylation sites (tertiary alicyclic amines) is 1. The Bertz CT molecular complexity index is 1320. The van der Waals surface area contributed by atoms with Gasteiger partial charge in [0.1, 0.15) is 5.82 Å². The van der Waals surface area contributed by atoms with E-state index in [0.717, 1.165) is 29.7 Å². The third-order valence-electron chi connectivity index (χ3n) is 6.04. The number of aromatic amines is 1. The topological polar surface area (TPSA) is 83.1 Å². The smallest absolute Gasteiger partial charge is 0.253 e. The van der Waals surface area contributed by atoms with Crippen molar-refractivity contribution < 1.29 is 13.2 Å². The molecule has 0 aliphatic carbocycles. The van der Waals surface area contributed by atoms with Crippen molar-refractivity contribution in [3.05, 3.63) is 90.3 Å². The van der Waals surface area contributed by atoms with Gasteiger partial charge in [-0.05, 0) is 61.4 Å². The van der Waals surface area contributed by atoms with Crippen molar-refractivity contribution in [2.24, 2.45) is 0 Å². The second-order valence-electron chi connectivity index (χ2n) is 8.05. The number of hydrogen-bond donors (Lipinski definition) is 1. The minimum atomic E-state index is -3.59. The lowest BCUT2D eigenvalue weighted by Crippen LogP contribution is -2.38. The average Bonchev–Trinajstić information content (AvgIpc) is 3.29. The Balaban J connectivity index is 1.26. The molecular formula is C25H23N3O3S. The van der Waals surface area contributed by atoms with Crippen molar-refractivity contribution >= 4 is 26.8 Å². The van der Waals surface area contributed by atoms with Crippen molar-refractivity contribution in [2.75, 3.05) is 13.1 Å². The van der Waals surface area contributed by atoms with Crippen LogP contribution in [0, 0.1) is 0 Å². The van der Waals surface area contributed by atoms with Crippen LogP contribution in [0.5, 0.6) is 0 Å². The molecule has 2 heterocycles. The first-order valence-electron chi connectivity index (χ1n) is 10.7. The second-order valence-corrected chi connectivity index (χ2v) is 10.00. The highest BCUT2D eigenvalue weighted by molar-refractivity contribution is 7.91. The molecule has 1 N–H and O–H groups in total. The molecule has 0 saturated carbocycles. The van der Waals surface area contributed by atoms with Gasteiger partial charge in [-0.15, -0.1) is 0 Å². The summed E-state index contributed by atoms with van der Waals surface area (Å²) in [4.78, 5) is 23.3. The number of aromatic nitrogens is 2. The fourth-order valence-corrected chi connectivity index (χ4v) is 5.50. The predicted octanol–water partition coefficient (Wildman–Crippen LogP) is 4.42. The van der Waals surface area contributed by atoms with Crippen LogP contribution < -0.4 is 0 Å². The maximum absolute atomic E-state index is 13.0. The Labute approximate surface area is 186 Å². The molecule has 0 bridgehead atoms. The number of nitrogens with one attached hydrogen (secondary N) is 1. The summed E-state index contributed by atoms with van der Waals surface area (Å²) in [7, 11) is -3.59. The van der Waals surface area contributed by atoms with Crippen LogP contribution in [0.2, 0.25) is 0 Å². The summed E-state index contributed by atoms with van der Waals surface area (Å²) < 4.78 is 25.5. The van der Waals surface area contributed by atoms with Crippen molar-refractivity contribution in [1.29, 1.82) is 0 Å². The maximum atomic E-state index is 13.0. The first-order chi connectivity index (χ1) is 15.5. The molecule has 7 heteroatoms. The van der Waals surface area contributed by atoms with Crippen LogP contribution in [-0.2, 0) is 9.84 Å². The summed E-state index contributed by atoms with van der Waals surface area (Å²) in [6.45, 7) is 1.29. The van der Waals surface area contributed by atoms with Gasteiger partial charge in [0.2, 0.25) is 9.84 Å². The summed E-state index contributed by atoms with van der Waals surface area (Å²) >= 11 is 0. The monoisotopic (exact) mass is 445 g/mol. The van der Waals surface area contributed by atoms with Gasteiger partial charge >= 0.3 is 0 Å². The fourth-order valence-electron chi connectivity index (χ4n) is 4.22. The first-order valence-corrected chi connectivity index (χ1v) is 12.1. The fraction of sp³-hybridized carbons (Fsp3) is 0.200. The van der Waals surface area contributed by atoms with E-state index in [1.807, 2.05) is 29.2 Å². The van der Waals surface area contributed by atoms with Gasteiger partial charge in [-0.1, -0.05) is 30.3 Å². The molecule has 0 unspecified atom stereocenters. The highest BCUT2D eigenvalue weighted by Crippen LogP contribution is 2.29. The lowest BCUT2D eigenvalue weighted by molar-refractivity contribution is 0.0711. The molecular weight excluding hydrogens is 422 g/mol. The van der Waals surface area contributed by atoms with Gasteiger partial charge in [-0.3, -0.25) is 4.79 Å². The normalized spacial score (nSPS) is 15.2. The molecule has 5 rings (SSSR count). The van der Waals surface area contributed by atoms with Crippen LogP contribution in [0.1, 0.15) is 34.9 Å². The molecule has 32 heavy (non-hydrogen) atoms. The van der Waals surface area contributed by atoms with E-state index < -0.39 is 9.84 Å². The maximum Gasteiger partial charge on any atom is 0.253 e. The molecule has 1 aromatic heterocycles. The van der Waals surface area contributed by atoms with Crippen LogP contribution >= 0.6 is 0 Å². The zero-order chi connectivity index (χ0) is 22.1. The predicted molar refractivity (Wildman–Crippen MR) is 122 cm³/mol. The third kappa shape index (κ3) is 3.80. The van der Waals surface area contributed by atoms with E-state index in [9.17, 15) is 13.2 Å². The average molecular weight is 446 g/mol. The van der Waals surface area contributed by atoms with Gasteiger partial charge in [0.05, 0.1) is 20.8 Å². The van der Waals surface area contributed by atoms with Crippen molar-refractivity contribution in [1.82, 2.24) is 14.9 Å². The van der Waals surface area contributed by atoms with Crippen molar-refractivity contribution in [3.63, 3.8) is 0 Å². The number of hydrogen-bond acceptors (Lipinski definition) is 4. The third-order valence-corrected chi connectivity index (χ3v) is 7.83. The van der Waals surface area contributed by atoms with Crippen LogP contribution in [0.15, 0.2) is 88.7 Å². The number of imidazole rings is 1. The van der Waals surface area contributed by atoms with Crippen LogP contribution in [-0.4, -0.2) is 42.3 Å². The van der Waals surface area contributed by atoms with Gasteiger partial charge < -0.3 is 9.88 Å². The zero-order valence-electron chi connectivity index (χ0n) is 17.4. The Kier molecular flexibility index (Phi) is 5.27. The van der Waals surface area contributed by atoms with Crippen molar-refractivity contribution in [3.8, 4) is 0 Å². The number of sulfone groups is 1. The summed E-state index contributed by atoms with van der Waals surface area (Å²) in [6.07, 6.45) is 1.68. The number of piperidine rings is 1. The Morgan fingerprint density at radius 3 is 2.16 bits per heavy atom. The minimum absolute atomic E-state index is 0.0725. The van der Waals surface area contributed by atoms with Crippen LogP contribution in [0.4, 0.5) is 0 Å². The number of nitrogens with zero attached hydrogens (tertiary/aromatic N) is 2. The van der Waals surface area contributed by atoms with Gasteiger partial charge in [0.25, 0.3) is 5.91 Å². The SMILES string of the molecule is O=C(c1ccc(S(=O)(=O)c2ccccc2)cc1)N1CCC(c2nc3ccccc3[nH]2)CC1. The van der Waals surface area contributed by atoms with Gasteiger partial charge in [-0.2, -0.15) is 0 Å². The number of benzene rings is 3. The highest BCUT2D eigenvalue weighted by Gasteiger charge is 2.27. The zero-order valence-corrected chi connectivity index (χ0v) is 18.3. The molecule has 162 valence electrons. The second kappa shape index (κ2) is 8.24. The lowest BCUT2D eigenvalue weighted by atomic mass is 9.95. The van der Waals surface area contributed by atoms with Gasteiger partial charge in [0.15, 0.2) is 0 Å². The highest BCUT2D eigenvalue weighted by atomic mass is 32.2. The van der Waals surface area contributed by atoms with Crippen LogP contribution in [0.25, 0.3) is 11.0 Å². The molecule has 0 spiro atoms. The molecule has 4 aromatic rings. The standard InChI is InChI=1S/C25H23N3O3S/c29-25(19-10-12-21(13-11-19)32(30,31)20-6-2-1-3-7-20)28-16-14-18(15-17-28)24-26-22-8-4-5-9-23(22)27-24/h1-13,18H,14-17H2,(H,26,27). The molecule has 1 amide bonds. The van der Waals surface area contributed by atoms with Gasteiger partial charge in [0, 0.05) is 24.6 Å². The number of rotatable bonds is 4. The molecule has 0 radical (unpaired) electrons. The molecule has 1 fully saturated rings. The Morgan fingerprint density at radius 1 is 0.844 bits per heavy atom. The van der Waals surface area contributed by atoms with E-state index in [1.165, 1.54) is 12.1 Å². The van der Waals surface area contributed by atoms with E-state index in [4.69, 9.17) is 4.98 Å². The number of amides is 1. The molecule has 3 aromatic carbocycles. The molecule has 0 atom stereocenters. The number of carbonyl (C=O) groups is 1. The number of H-pyrrole nitrogens is 1. The molecule has 1 aliphatic heterocycles. The van der Waals surface area contributed by atoms with E-state index in [0.29, 0.717) is 24.6 Å². The van der Waals surface area contributed by atoms with E-state index in [1.54, 1.807) is 42.5 Å². The molecule has 1 saturated heterocycles. The Hall–Kier alpha value is -3.45. The quantitative estimate of drug-likeness (QED) is 0.504. The summed E-state index contributed by atoms with van der Waals surface area (Å²) in [6, 6.07) is 22.5. The summed E-state index contributed by atoms with van der Waals surface area (Å²) in [5, 5.41) is 0. The molecule has 1 aliphatic rings. The number of carbonyl (C=O) groups excluding carboxylic acids is 1. The largest absolute Gasteiger partial charge is 0.342 e. The summed E-state index contributed by atoms with van der Waals surface area (Å²) in [5.41, 5.74) is 2.50. The number of fused-ring (bicyclic) bond motifs is 1. The molecule has 6 nitrogen and oxygen atoms in total.